The molecule has 0 saturated carbocycles. The molecule has 1 aliphatic rings. The highest BCUT2D eigenvalue weighted by Crippen LogP contribution is 2.18. The van der Waals surface area contributed by atoms with Gasteiger partial charge in [-0.25, -0.2) is 14.2 Å². The first-order valence-electron chi connectivity index (χ1n) is 9.16. The standard InChI is InChI=1S/C19H19FN2O.C2HF3O2/c20-16-9-7-15(8-10-16)17-5-4-6-18(21-17)19(23)11-14-22-12-2-1-3-13-22;3-2(4,5)1(6)7/h4-11,14H,1-3,12-13H2;(H,6,7). The third kappa shape index (κ3) is 7.31. The Bertz CT molecular complexity index is 890. The molecule has 9 heteroatoms. The van der Waals surface area contributed by atoms with Crippen LogP contribution in [-0.4, -0.2) is 46.0 Å². The quantitative estimate of drug-likeness (QED) is 0.438. The average molecular weight is 424 g/mol. The molecule has 0 atom stereocenters. The minimum absolute atomic E-state index is 0.112. The van der Waals surface area contributed by atoms with E-state index in [4.69, 9.17) is 9.90 Å². The summed E-state index contributed by atoms with van der Waals surface area (Å²) in [6.45, 7) is 2.01. The van der Waals surface area contributed by atoms with E-state index >= 15 is 0 Å². The Morgan fingerprint density at radius 1 is 1.00 bits per heavy atom. The van der Waals surface area contributed by atoms with E-state index in [2.05, 4.69) is 9.88 Å². The zero-order chi connectivity index (χ0) is 22.1. The fraction of sp³-hybridized carbons (Fsp3) is 0.286. The second kappa shape index (κ2) is 10.5. The monoisotopic (exact) mass is 424 g/mol. The van der Waals surface area contributed by atoms with E-state index in [1.54, 1.807) is 30.3 Å². The van der Waals surface area contributed by atoms with Crippen LogP contribution in [0.5, 0.6) is 0 Å². The minimum atomic E-state index is -5.08. The van der Waals surface area contributed by atoms with Gasteiger partial charge < -0.3 is 10.0 Å². The Labute approximate surface area is 170 Å². The van der Waals surface area contributed by atoms with E-state index < -0.39 is 12.1 Å². The summed E-state index contributed by atoms with van der Waals surface area (Å²) in [4.78, 5) is 27.8. The Morgan fingerprint density at radius 2 is 1.60 bits per heavy atom. The lowest BCUT2D eigenvalue weighted by Crippen LogP contribution is -2.24. The number of likely N-dealkylation sites (tertiary alicyclic amines) is 1. The number of carbonyl (C=O) groups excluding carboxylic acids is 1. The molecule has 160 valence electrons. The van der Waals surface area contributed by atoms with Gasteiger partial charge in [-0.2, -0.15) is 13.2 Å². The third-order valence-electron chi connectivity index (χ3n) is 4.21. The number of hydrogen-bond donors (Lipinski definition) is 1. The molecule has 1 aromatic heterocycles. The van der Waals surface area contributed by atoms with Crippen LogP contribution in [0.2, 0.25) is 0 Å². The van der Waals surface area contributed by atoms with Gasteiger partial charge in [0.05, 0.1) is 5.69 Å². The number of hydrogen-bond acceptors (Lipinski definition) is 4. The number of carbonyl (C=O) groups is 2. The van der Waals surface area contributed by atoms with Gasteiger partial charge in [-0.1, -0.05) is 6.07 Å². The van der Waals surface area contributed by atoms with Gasteiger partial charge in [0.1, 0.15) is 11.5 Å². The molecule has 0 bridgehead atoms. The Kier molecular flexibility index (Phi) is 8.08. The van der Waals surface area contributed by atoms with Crippen LogP contribution in [-0.2, 0) is 4.79 Å². The molecule has 1 fully saturated rings. The van der Waals surface area contributed by atoms with E-state index in [1.807, 2.05) is 12.3 Å². The highest BCUT2D eigenvalue weighted by molar-refractivity contribution is 6.03. The number of carboxylic acid groups (broad SMARTS) is 1. The second-order valence-electron chi connectivity index (χ2n) is 6.49. The zero-order valence-corrected chi connectivity index (χ0v) is 15.9. The van der Waals surface area contributed by atoms with E-state index in [-0.39, 0.29) is 11.6 Å². The number of carboxylic acids is 1. The Hall–Kier alpha value is -3.23. The Balaban J connectivity index is 0.000000396. The van der Waals surface area contributed by atoms with E-state index in [0.29, 0.717) is 11.4 Å². The highest BCUT2D eigenvalue weighted by atomic mass is 19.4. The average Bonchev–Trinajstić information content (AvgIpc) is 2.73. The minimum Gasteiger partial charge on any atom is -0.475 e. The molecule has 1 aliphatic heterocycles. The fourth-order valence-electron chi connectivity index (χ4n) is 2.68. The third-order valence-corrected chi connectivity index (χ3v) is 4.21. The summed E-state index contributed by atoms with van der Waals surface area (Å²) in [5, 5.41) is 7.12. The maximum absolute atomic E-state index is 13.0. The predicted molar refractivity (Wildman–Crippen MR) is 102 cm³/mol. The molecular weight excluding hydrogens is 404 g/mol. The first kappa shape index (κ1) is 23.1. The molecule has 0 unspecified atom stereocenters. The summed E-state index contributed by atoms with van der Waals surface area (Å²) in [5.74, 6) is -3.16. The number of pyridine rings is 1. The first-order valence-corrected chi connectivity index (χ1v) is 9.16. The van der Waals surface area contributed by atoms with Crippen molar-refractivity contribution in [2.24, 2.45) is 0 Å². The van der Waals surface area contributed by atoms with Crippen LogP contribution in [0.25, 0.3) is 11.3 Å². The lowest BCUT2D eigenvalue weighted by Gasteiger charge is -2.24. The number of aliphatic carboxylic acids is 1. The largest absolute Gasteiger partial charge is 0.490 e. The van der Waals surface area contributed by atoms with E-state index in [1.165, 1.54) is 31.4 Å². The van der Waals surface area contributed by atoms with Crippen molar-refractivity contribution in [3.05, 3.63) is 66.3 Å². The molecule has 0 amide bonds. The molecule has 0 aliphatic carbocycles. The molecule has 5 nitrogen and oxygen atoms in total. The van der Waals surface area contributed by atoms with Crippen molar-refractivity contribution in [3.8, 4) is 11.3 Å². The number of ketones is 1. The van der Waals surface area contributed by atoms with Gasteiger partial charge in [-0.05, 0) is 55.7 Å². The number of rotatable bonds is 4. The highest BCUT2D eigenvalue weighted by Gasteiger charge is 2.38. The molecule has 0 radical (unpaired) electrons. The predicted octanol–water partition coefficient (Wildman–Crippen LogP) is 4.70. The molecular formula is C21H20F4N2O3. The van der Waals surface area contributed by atoms with E-state index in [0.717, 1.165) is 18.7 Å². The van der Waals surface area contributed by atoms with Crippen molar-refractivity contribution in [2.75, 3.05) is 13.1 Å². The Morgan fingerprint density at radius 3 is 2.17 bits per heavy atom. The fourth-order valence-corrected chi connectivity index (χ4v) is 2.68. The lowest BCUT2D eigenvalue weighted by atomic mass is 10.1. The van der Waals surface area contributed by atoms with Crippen LogP contribution < -0.4 is 0 Å². The van der Waals surface area contributed by atoms with Gasteiger partial charge >= 0.3 is 12.1 Å². The maximum Gasteiger partial charge on any atom is 0.490 e. The van der Waals surface area contributed by atoms with Crippen LogP contribution in [0.4, 0.5) is 17.6 Å². The van der Waals surface area contributed by atoms with Crippen molar-refractivity contribution < 1.29 is 32.3 Å². The van der Waals surface area contributed by atoms with E-state index in [9.17, 15) is 22.4 Å². The molecule has 2 heterocycles. The molecule has 1 saturated heterocycles. The summed E-state index contributed by atoms with van der Waals surface area (Å²) >= 11 is 0. The van der Waals surface area contributed by atoms with Crippen LogP contribution in [0.15, 0.2) is 54.7 Å². The number of allylic oxidation sites excluding steroid dienone is 1. The number of halogens is 4. The lowest BCUT2D eigenvalue weighted by molar-refractivity contribution is -0.192. The van der Waals surface area contributed by atoms with Crippen LogP contribution in [0.1, 0.15) is 29.8 Å². The van der Waals surface area contributed by atoms with Gasteiger partial charge in [-0.15, -0.1) is 0 Å². The molecule has 0 spiro atoms. The van der Waals surface area contributed by atoms with Gasteiger partial charge in [0.25, 0.3) is 0 Å². The summed E-state index contributed by atoms with van der Waals surface area (Å²) in [6.07, 6.45) is 1.99. The van der Waals surface area contributed by atoms with Crippen molar-refractivity contribution in [1.82, 2.24) is 9.88 Å². The topological polar surface area (TPSA) is 70.5 Å². The normalized spacial score (nSPS) is 14.2. The smallest absolute Gasteiger partial charge is 0.475 e. The second-order valence-corrected chi connectivity index (χ2v) is 6.49. The summed E-state index contributed by atoms with van der Waals surface area (Å²) in [7, 11) is 0. The van der Waals surface area contributed by atoms with Gasteiger partial charge in [-0.3, -0.25) is 4.79 Å². The van der Waals surface area contributed by atoms with Crippen LogP contribution in [0.3, 0.4) is 0 Å². The number of alkyl halides is 3. The van der Waals surface area contributed by atoms with Crippen molar-refractivity contribution in [3.63, 3.8) is 0 Å². The number of nitrogens with zero attached hydrogens (tertiary/aromatic N) is 2. The SMILES string of the molecule is O=C(C=CN1CCCCC1)c1cccc(-c2ccc(F)cc2)n1.O=C(O)C(F)(F)F. The summed E-state index contributed by atoms with van der Waals surface area (Å²) < 4.78 is 44.7. The van der Waals surface area contributed by atoms with Gasteiger partial charge in [0.2, 0.25) is 5.78 Å². The molecule has 3 rings (SSSR count). The number of benzene rings is 1. The molecule has 30 heavy (non-hydrogen) atoms. The summed E-state index contributed by atoms with van der Waals surface area (Å²) in [5.41, 5.74) is 1.86. The number of piperidine rings is 1. The summed E-state index contributed by atoms with van der Waals surface area (Å²) in [6, 6.07) is 11.4. The van der Waals surface area contributed by atoms with Gasteiger partial charge in [0, 0.05) is 30.9 Å². The first-order chi connectivity index (χ1) is 14.2. The van der Waals surface area contributed by atoms with Crippen LogP contribution in [0, 0.1) is 5.82 Å². The molecule has 1 aromatic carbocycles. The van der Waals surface area contributed by atoms with Crippen molar-refractivity contribution in [1.29, 1.82) is 0 Å². The molecule has 1 N–H and O–H groups in total. The molecule has 2 aromatic rings. The zero-order valence-electron chi connectivity index (χ0n) is 15.9. The van der Waals surface area contributed by atoms with Gasteiger partial charge in [0.15, 0.2) is 0 Å². The van der Waals surface area contributed by atoms with Crippen molar-refractivity contribution >= 4 is 11.8 Å². The number of aromatic nitrogens is 1. The van der Waals surface area contributed by atoms with Crippen molar-refractivity contribution in [2.45, 2.75) is 25.4 Å². The maximum atomic E-state index is 13.0. The van der Waals surface area contributed by atoms with Crippen LogP contribution >= 0.6 is 0 Å².